The quantitative estimate of drug-likeness (QED) is 0.584. The minimum Gasteiger partial charge on any atom is -0.469 e. The lowest BCUT2D eigenvalue weighted by Gasteiger charge is -2.37. The van der Waals surface area contributed by atoms with Gasteiger partial charge in [-0.3, -0.25) is 4.79 Å². The van der Waals surface area contributed by atoms with Crippen molar-refractivity contribution in [1.29, 1.82) is 0 Å². The van der Waals surface area contributed by atoms with E-state index in [1.165, 1.54) is 28.6 Å². The van der Waals surface area contributed by atoms with Crippen molar-refractivity contribution in [2.45, 2.75) is 25.9 Å². The Morgan fingerprint density at radius 1 is 1.10 bits per heavy atom. The van der Waals surface area contributed by atoms with E-state index in [-0.39, 0.29) is 5.91 Å². The number of benzene rings is 1. The fourth-order valence-electron chi connectivity index (χ4n) is 3.78. The molecule has 0 spiro atoms. The van der Waals surface area contributed by atoms with Crippen molar-refractivity contribution in [1.82, 2.24) is 19.7 Å². The normalized spacial score (nSPS) is 14.4. The Labute approximate surface area is 181 Å². The molecule has 2 aromatic heterocycles. The van der Waals surface area contributed by atoms with Gasteiger partial charge in [0.2, 0.25) is 5.91 Å². The number of hydrogen-bond donors (Lipinski definition) is 0. The van der Waals surface area contributed by atoms with Gasteiger partial charge in [0.25, 0.3) is 0 Å². The number of rotatable bonds is 5. The van der Waals surface area contributed by atoms with E-state index in [2.05, 4.69) is 47.1 Å². The van der Waals surface area contributed by atoms with Gasteiger partial charge in [0.1, 0.15) is 5.76 Å². The minimum atomic E-state index is 0.143. The SMILES string of the molecule is Cc1cccc(N2CCN(C(=O)CSc3nnc(-c4ccoc4C)n3C)CC2)c1C. The summed E-state index contributed by atoms with van der Waals surface area (Å²) in [6.07, 6.45) is 1.65. The molecule has 3 heterocycles. The summed E-state index contributed by atoms with van der Waals surface area (Å²) >= 11 is 1.43. The molecule has 3 aromatic rings. The number of aryl methyl sites for hydroxylation is 2. The van der Waals surface area contributed by atoms with Crippen LogP contribution in [-0.4, -0.2) is 57.5 Å². The van der Waals surface area contributed by atoms with E-state index in [1.54, 1.807) is 6.26 Å². The molecule has 158 valence electrons. The molecule has 8 heteroatoms. The third-order valence-corrected chi connectivity index (χ3v) is 6.81. The first kappa shape index (κ1) is 20.5. The molecule has 0 radical (unpaired) electrons. The maximum absolute atomic E-state index is 12.8. The molecule has 1 saturated heterocycles. The van der Waals surface area contributed by atoms with Gasteiger partial charge in [0.15, 0.2) is 11.0 Å². The van der Waals surface area contributed by atoms with E-state index >= 15 is 0 Å². The van der Waals surface area contributed by atoms with Crippen LogP contribution in [-0.2, 0) is 11.8 Å². The molecule has 30 heavy (non-hydrogen) atoms. The largest absolute Gasteiger partial charge is 0.469 e. The molecular formula is C22H27N5O2S. The van der Waals surface area contributed by atoms with Crippen LogP contribution < -0.4 is 4.90 Å². The van der Waals surface area contributed by atoms with Crippen LogP contribution in [0.15, 0.2) is 40.1 Å². The number of aromatic nitrogens is 3. The summed E-state index contributed by atoms with van der Waals surface area (Å²) in [6, 6.07) is 8.30. The van der Waals surface area contributed by atoms with Gasteiger partial charge in [-0.1, -0.05) is 23.9 Å². The first-order valence-corrected chi connectivity index (χ1v) is 11.1. The Bertz CT molecular complexity index is 1050. The second kappa shape index (κ2) is 8.55. The van der Waals surface area contributed by atoms with Gasteiger partial charge in [-0.25, -0.2) is 0 Å². The van der Waals surface area contributed by atoms with Crippen LogP contribution >= 0.6 is 11.8 Å². The van der Waals surface area contributed by atoms with Gasteiger partial charge in [0, 0.05) is 38.9 Å². The molecule has 1 aliphatic heterocycles. The maximum atomic E-state index is 12.8. The molecule has 1 aliphatic rings. The molecule has 1 amide bonds. The van der Waals surface area contributed by atoms with Crippen LogP contribution in [0.25, 0.3) is 11.4 Å². The van der Waals surface area contributed by atoms with Crippen molar-refractivity contribution >= 4 is 23.4 Å². The molecule has 7 nitrogen and oxygen atoms in total. The van der Waals surface area contributed by atoms with E-state index in [9.17, 15) is 4.79 Å². The molecule has 0 atom stereocenters. The van der Waals surface area contributed by atoms with Crippen LogP contribution in [0.2, 0.25) is 0 Å². The van der Waals surface area contributed by atoms with Gasteiger partial charge in [0.05, 0.1) is 17.6 Å². The highest BCUT2D eigenvalue weighted by atomic mass is 32.2. The average Bonchev–Trinajstić information content (AvgIpc) is 3.33. The zero-order valence-corrected chi connectivity index (χ0v) is 18.7. The molecule has 0 bridgehead atoms. The summed E-state index contributed by atoms with van der Waals surface area (Å²) in [6.45, 7) is 9.40. The second-order valence-corrected chi connectivity index (χ2v) is 8.57. The fraction of sp³-hybridized carbons (Fsp3) is 0.409. The number of hydrogen-bond acceptors (Lipinski definition) is 6. The van der Waals surface area contributed by atoms with Gasteiger partial charge in [-0.05, 0) is 44.0 Å². The third-order valence-electron chi connectivity index (χ3n) is 5.81. The highest BCUT2D eigenvalue weighted by Gasteiger charge is 2.23. The monoisotopic (exact) mass is 425 g/mol. The minimum absolute atomic E-state index is 0.143. The fourth-order valence-corrected chi connectivity index (χ4v) is 4.60. The molecule has 0 unspecified atom stereocenters. The zero-order chi connectivity index (χ0) is 21.3. The summed E-state index contributed by atoms with van der Waals surface area (Å²) in [5.74, 6) is 2.06. The van der Waals surface area contributed by atoms with Gasteiger partial charge < -0.3 is 18.8 Å². The Balaban J connectivity index is 1.33. The van der Waals surface area contributed by atoms with Crippen LogP contribution in [0.1, 0.15) is 16.9 Å². The van der Waals surface area contributed by atoms with Crippen molar-refractivity contribution in [3.63, 3.8) is 0 Å². The number of anilines is 1. The molecule has 0 aliphatic carbocycles. The van der Waals surface area contributed by atoms with Crippen LogP contribution in [0.4, 0.5) is 5.69 Å². The summed E-state index contributed by atoms with van der Waals surface area (Å²) in [5.41, 5.74) is 4.82. The van der Waals surface area contributed by atoms with Crippen molar-refractivity contribution in [2.75, 3.05) is 36.8 Å². The molecule has 4 rings (SSSR count). The number of carbonyl (C=O) groups is 1. The lowest BCUT2D eigenvalue weighted by atomic mass is 10.1. The highest BCUT2D eigenvalue weighted by Crippen LogP contribution is 2.27. The Hall–Kier alpha value is -2.74. The molecule has 0 N–H and O–H groups in total. The van der Waals surface area contributed by atoms with Gasteiger partial charge in [-0.15, -0.1) is 10.2 Å². The number of carbonyl (C=O) groups excluding carboxylic acids is 1. The molecule has 1 aromatic carbocycles. The topological polar surface area (TPSA) is 67.4 Å². The number of nitrogens with zero attached hydrogens (tertiary/aromatic N) is 5. The van der Waals surface area contributed by atoms with E-state index in [1.807, 2.05) is 29.5 Å². The Morgan fingerprint density at radius 2 is 1.87 bits per heavy atom. The first-order chi connectivity index (χ1) is 14.5. The molecule has 0 saturated carbocycles. The number of thioether (sulfide) groups is 1. The highest BCUT2D eigenvalue weighted by molar-refractivity contribution is 7.99. The Morgan fingerprint density at radius 3 is 2.57 bits per heavy atom. The summed E-state index contributed by atoms with van der Waals surface area (Å²) < 4.78 is 7.27. The molecule has 1 fully saturated rings. The predicted octanol–water partition coefficient (Wildman–Crippen LogP) is 3.44. The smallest absolute Gasteiger partial charge is 0.233 e. The first-order valence-electron chi connectivity index (χ1n) is 10.1. The number of furan rings is 1. The average molecular weight is 426 g/mol. The van der Waals surface area contributed by atoms with Gasteiger partial charge >= 0.3 is 0 Å². The lowest BCUT2D eigenvalue weighted by Crippen LogP contribution is -2.49. The van der Waals surface area contributed by atoms with Crippen molar-refractivity contribution in [3.05, 3.63) is 47.4 Å². The van der Waals surface area contributed by atoms with E-state index < -0.39 is 0 Å². The standard InChI is InChI=1S/C22H27N5O2S/c1-15-6-5-7-19(16(15)2)26-9-11-27(12-10-26)20(28)14-30-22-24-23-21(25(22)4)18-8-13-29-17(18)3/h5-8,13H,9-12,14H2,1-4H3. The van der Waals surface area contributed by atoms with Gasteiger partial charge in [-0.2, -0.15) is 0 Å². The molecular weight excluding hydrogens is 398 g/mol. The lowest BCUT2D eigenvalue weighted by molar-refractivity contribution is -0.128. The van der Waals surface area contributed by atoms with Crippen molar-refractivity contribution in [3.8, 4) is 11.4 Å². The van der Waals surface area contributed by atoms with E-state index in [0.29, 0.717) is 5.75 Å². The Kier molecular flexibility index (Phi) is 5.85. The predicted molar refractivity (Wildman–Crippen MR) is 119 cm³/mol. The summed E-state index contributed by atoms with van der Waals surface area (Å²) in [5, 5.41) is 9.25. The number of piperazine rings is 1. The number of amides is 1. The maximum Gasteiger partial charge on any atom is 0.233 e. The van der Waals surface area contributed by atoms with Crippen molar-refractivity contribution < 1.29 is 9.21 Å². The zero-order valence-electron chi connectivity index (χ0n) is 17.9. The third kappa shape index (κ3) is 3.96. The van der Waals surface area contributed by atoms with Crippen LogP contribution in [0.3, 0.4) is 0 Å². The summed E-state index contributed by atoms with van der Waals surface area (Å²) in [7, 11) is 1.91. The van der Waals surface area contributed by atoms with E-state index in [4.69, 9.17) is 4.42 Å². The summed E-state index contributed by atoms with van der Waals surface area (Å²) in [4.78, 5) is 17.1. The second-order valence-electron chi connectivity index (χ2n) is 7.63. The van der Waals surface area contributed by atoms with Crippen LogP contribution in [0.5, 0.6) is 0 Å². The van der Waals surface area contributed by atoms with Crippen molar-refractivity contribution in [2.24, 2.45) is 7.05 Å². The van der Waals surface area contributed by atoms with E-state index in [0.717, 1.165) is 48.5 Å². The van der Waals surface area contributed by atoms with Crippen LogP contribution in [0, 0.1) is 20.8 Å².